The van der Waals surface area contributed by atoms with Crippen LogP contribution in [-0.4, -0.2) is 32.8 Å². The number of phenols is 1. The third-order valence-corrected chi connectivity index (χ3v) is 6.39. The van der Waals surface area contributed by atoms with Gasteiger partial charge in [0.1, 0.15) is 11.8 Å². The van der Waals surface area contributed by atoms with Gasteiger partial charge in [0.2, 0.25) is 5.91 Å². The van der Waals surface area contributed by atoms with Crippen LogP contribution in [0.15, 0.2) is 52.4 Å². The highest BCUT2D eigenvalue weighted by Crippen LogP contribution is 2.20. The Labute approximate surface area is 201 Å². The van der Waals surface area contributed by atoms with E-state index in [0.717, 1.165) is 12.8 Å². The van der Waals surface area contributed by atoms with Gasteiger partial charge in [0.15, 0.2) is 5.16 Å². The number of phenolic OH excluding ortho intramolecular Hbond substituents is 1. The summed E-state index contributed by atoms with van der Waals surface area (Å²) in [6.07, 6.45) is 6.33. The molecule has 1 aliphatic carbocycles. The number of fused-ring (bicyclic) bond motifs is 1. The first-order chi connectivity index (χ1) is 16.0. The van der Waals surface area contributed by atoms with Crippen molar-refractivity contribution >= 4 is 40.2 Å². The van der Waals surface area contributed by atoms with Crippen molar-refractivity contribution in [3.8, 4) is 11.8 Å². The Morgan fingerprint density at radius 2 is 2.00 bits per heavy atom. The van der Waals surface area contributed by atoms with Crippen molar-refractivity contribution in [1.82, 2.24) is 15.3 Å². The molecule has 0 unspecified atom stereocenters. The average Bonchev–Trinajstić information content (AvgIpc) is 2.80. The molecule has 0 aliphatic heterocycles. The van der Waals surface area contributed by atoms with Crippen molar-refractivity contribution in [3.05, 3.63) is 63.4 Å². The van der Waals surface area contributed by atoms with E-state index < -0.39 is 0 Å². The highest BCUT2D eigenvalue weighted by molar-refractivity contribution is 7.99. The molecule has 1 amide bonds. The van der Waals surface area contributed by atoms with E-state index in [-0.39, 0.29) is 22.2 Å². The smallest absolute Gasteiger partial charge is 0.259 e. The van der Waals surface area contributed by atoms with E-state index in [2.05, 4.69) is 15.3 Å². The number of carbonyl (C=O) groups excluding carboxylic acids is 1. The van der Waals surface area contributed by atoms with Crippen molar-refractivity contribution in [2.75, 3.05) is 5.75 Å². The van der Waals surface area contributed by atoms with Crippen LogP contribution >= 0.6 is 23.4 Å². The zero-order chi connectivity index (χ0) is 23.6. The molecule has 0 saturated heterocycles. The van der Waals surface area contributed by atoms with Crippen LogP contribution < -0.4 is 10.9 Å². The first-order valence-electron chi connectivity index (χ1n) is 10.8. The number of H-pyrrole nitrogens is 1. The van der Waals surface area contributed by atoms with E-state index >= 15 is 0 Å². The molecule has 7 nitrogen and oxygen atoms in total. The van der Waals surface area contributed by atoms with Gasteiger partial charge in [-0.15, -0.1) is 0 Å². The minimum Gasteiger partial charge on any atom is -0.508 e. The molecule has 9 heteroatoms. The number of aromatic amines is 1. The number of nitriles is 1. The first-order valence-corrected chi connectivity index (χ1v) is 12.1. The molecule has 1 aromatic heterocycles. The lowest BCUT2D eigenvalue weighted by molar-refractivity contribution is -0.121. The van der Waals surface area contributed by atoms with Crippen LogP contribution in [-0.2, 0) is 4.79 Å². The van der Waals surface area contributed by atoms with Crippen LogP contribution in [0, 0.1) is 11.3 Å². The number of hydrogen-bond acceptors (Lipinski definition) is 6. The van der Waals surface area contributed by atoms with Gasteiger partial charge in [-0.25, -0.2) is 4.98 Å². The van der Waals surface area contributed by atoms with Crippen LogP contribution in [0.2, 0.25) is 5.02 Å². The van der Waals surface area contributed by atoms with E-state index in [0.29, 0.717) is 39.8 Å². The predicted octanol–water partition coefficient (Wildman–Crippen LogP) is 4.77. The molecule has 0 radical (unpaired) electrons. The van der Waals surface area contributed by atoms with Gasteiger partial charge in [-0.2, -0.15) is 5.26 Å². The molecule has 1 aliphatic rings. The molecular formula is C24H25ClN4O3S. The number of halogens is 1. The molecule has 1 fully saturated rings. The molecule has 4 rings (SSSR count). The fourth-order valence-electron chi connectivity index (χ4n) is 3.52. The van der Waals surface area contributed by atoms with E-state index in [1.807, 2.05) is 24.3 Å². The highest BCUT2D eigenvalue weighted by Gasteiger charge is 2.15. The number of nitrogens with zero attached hydrogens (tertiary/aromatic N) is 2. The van der Waals surface area contributed by atoms with Crippen molar-refractivity contribution in [3.63, 3.8) is 0 Å². The van der Waals surface area contributed by atoms with Gasteiger partial charge >= 0.3 is 0 Å². The molecule has 172 valence electrons. The molecular weight excluding hydrogens is 460 g/mol. The zero-order valence-corrected chi connectivity index (χ0v) is 19.6. The molecule has 1 heterocycles. The molecule has 3 aromatic rings. The summed E-state index contributed by atoms with van der Waals surface area (Å²) in [4.78, 5) is 31.1. The van der Waals surface area contributed by atoms with Crippen molar-refractivity contribution in [2.24, 2.45) is 0 Å². The number of thioether (sulfide) groups is 1. The zero-order valence-electron chi connectivity index (χ0n) is 18.0. The van der Waals surface area contributed by atoms with Gasteiger partial charge in [0.05, 0.1) is 21.5 Å². The molecule has 0 bridgehead atoms. The van der Waals surface area contributed by atoms with Crippen LogP contribution in [0.4, 0.5) is 0 Å². The quantitative estimate of drug-likeness (QED) is 0.354. The highest BCUT2D eigenvalue weighted by atomic mass is 35.5. The number of amides is 1. The second kappa shape index (κ2) is 12.3. The van der Waals surface area contributed by atoms with Gasteiger partial charge in [0.25, 0.3) is 5.56 Å². The normalized spacial score (nSPS) is 13.6. The summed E-state index contributed by atoms with van der Waals surface area (Å²) in [5.41, 5.74) is 0.926. The Kier molecular flexibility index (Phi) is 9.16. The number of nitrogens with one attached hydrogen (secondary N) is 2. The number of hydrogen-bond donors (Lipinski definition) is 3. The summed E-state index contributed by atoms with van der Waals surface area (Å²) in [6.45, 7) is 0. The third kappa shape index (κ3) is 7.52. The topological polar surface area (TPSA) is 119 Å². The number of aromatic hydroxyl groups is 1. The molecule has 2 aromatic carbocycles. The molecule has 3 N–H and O–H groups in total. The Morgan fingerprint density at radius 1 is 1.24 bits per heavy atom. The summed E-state index contributed by atoms with van der Waals surface area (Å²) in [5, 5.41) is 21.8. The average molecular weight is 485 g/mol. The summed E-state index contributed by atoms with van der Waals surface area (Å²) >= 11 is 6.96. The van der Waals surface area contributed by atoms with Gasteiger partial charge in [-0.1, -0.05) is 54.8 Å². The maximum Gasteiger partial charge on any atom is 0.259 e. The number of carbonyl (C=O) groups is 1. The monoisotopic (exact) mass is 484 g/mol. The Balaban J connectivity index is 0.000000257. The van der Waals surface area contributed by atoms with E-state index in [1.54, 1.807) is 6.07 Å². The van der Waals surface area contributed by atoms with E-state index in [9.17, 15) is 9.59 Å². The van der Waals surface area contributed by atoms with E-state index in [4.69, 9.17) is 22.0 Å². The minimum absolute atomic E-state index is 0.0731. The maximum absolute atomic E-state index is 12.0. The number of rotatable bonds is 5. The SMILES string of the molecule is N#Cc1ccc(O)cc1Cl.O=C(CCSc1nc2ccccc2c(=O)[nH]1)NC1CCCCC1. The standard InChI is InChI=1S/C17H21N3O2S.C7H4ClNO/c21-15(18-12-6-2-1-3-7-12)10-11-23-17-19-14-9-5-4-8-13(14)16(22)20-17;8-7-3-6(10)2-1-5(7)4-9/h4-5,8-9,12H,1-3,6-7,10-11H2,(H,18,21)(H,19,20,22);1-3,10H. The largest absolute Gasteiger partial charge is 0.508 e. The third-order valence-electron chi connectivity index (χ3n) is 5.20. The molecule has 1 saturated carbocycles. The Hall–Kier alpha value is -3.02. The Bertz CT molecular complexity index is 1200. The second-order valence-corrected chi connectivity index (χ2v) is 9.16. The van der Waals surface area contributed by atoms with E-state index in [1.165, 1.54) is 49.2 Å². The lowest BCUT2D eigenvalue weighted by Crippen LogP contribution is -2.36. The lowest BCUT2D eigenvalue weighted by atomic mass is 9.95. The van der Waals surface area contributed by atoms with Crippen LogP contribution in [0.25, 0.3) is 10.9 Å². The number of para-hydroxylation sites is 1. The maximum atomic E-state index is 12.0. The summed E-state index contributed by atoms with van der Waals surface area (Å²) in [7, 11) is 0. The Morgan fingerprint density at radius 3 is 2.73 bits per heavy atom. The molecule has 0 atom stereocenters. The van der Waals surface area contributed by atoms with Gasteiger partial charge in [0, 0.05) is 18.2 Å². The first kappa shape index (κ1) is 24.6. The van der Waals surface area contributed by atoms with Crippen LogP contribution in [0.1, 0.15) is 44.1 Å². The lowest BCUT2D eigenvalue weighted by Gasteiger charge is -2.22. The van der Waals surface area contributed by atoms with Crippen LogP contribution in [0.3, 0.4) is 0 Å². The minimum atomic E-state index is -0.134. The molecule has 0 spiro atoms. The van der Waals surface area contributed by atoms with Crippen LogP contribution in [0.5, 0.6) is 5.75 Å². The predicted molar refractivity (Wildman–Crippen MR) is 131 cm³/mol. The summed E-state index contributed by atoms with van der Waals surface area (Å²) < 4.78 is 0. The fraction of sp³-hybridized carbons (Fsp3) is 0.333. The summed E-state index contributed by atoms with van der Waals surface area (Å²) in [6, 6.07) is 13.7. The van der Waals surface area contributed by atoms with Crippen molar-refractivity contribution < 1.29 is 9.90 Å². The van der Waals surface area contributed by atoms with Gasteiger partial charge in [-0.05, 0) is 43.2 Å². The number of benzene rings is 2. The second-order valence-electron chi connectivity index (χ2n) is 7.67. The van der Waals surface area contributed by atoms with Gasteiger partial charge in [-0.3, -0.25) is 9.59 Å². The van der Waals surface area contributed by atoms with Crippen molar-refractivity contribution in [2.45, 2.75) is 49.7 Å². The van der Waals surface area contributed by atoms with Crippen molar-refractivity contribution in [1.29, 1.82) is 5.26 Å². The fourth-order valence-corrected chi connectivity index (χ4v) is 4.54. The number of aromatic nitrogens is 2. The van der Waals surface area contributed by atoms with Gasteiger partial charge < -0.3 is 15.4 Å². The molecule has 33 heavy (non-hydrogen) atoms. The summed E-state index contributed by atoms with van der Waals surface area (Å²) in [5.74, 6) is 0.774.